The van der Waals surface area contributed by atoms with Gasteiger partial charge in [0.15, 0.2) is 35.0 Å². The summed E-state index contributed by atoms with van der Waals surface area (Å²) in [6.45, 7) is -5.97. The standard InChI is InChI=1S/C18H21FN10O9P2S2/c19-9-7(2-30)36-17(28-5-24-10-14(28)26-18(21)27-16(10)32)12(9)38-40(34,42)37-8(3-35-39(33)41)11(31)6-1-22-15-13(20)23-4-25-29(6)15/h1,4-5,7-9,11-12,17,30-31H,2-3H2,(H6-,20,21,23,25,26,27,32,33,34,41,42)/p+1/t7-,8?,9-,11+,12-,17-,40?/m1/s1. The van der Waals surface area contributed by atoms with Crippen LogP contribution in [0.1, 0.15) is 18.0 Å². The Morgan fingerprint density at radius 3 is 2.81 bits per heavy atom. The zero-order valence-electron chi connectivity index (χ0n) is 20.8. The molecule has 8 N–H and O–H groups in total. The number of aromatic amines is 1. The predicted octanol–water partition coefficient (Wildman–Crippen LogP) is -0.726. The van der Waals surface area contributed by atoms with Crippen LogP contribution in [0.5, 0.6) is 0 Å². The first-order valence-electron chi connectivity index (χ1n) is 11.6. The zero-order chi connectivity index (χ0) is 30.3. The number of aromatic nitrogens is 8. The van der Waals surface area contributed by atoms with E-state index in [2.05, 4.69) is 42.3 Å². The Kier molecular flexibility index (Phi) is 8.84. The molecule has 1 fully saturated rings. The monoisotopic (exact) mass is 667 g/mol. The van der Waals surface area contributed by atoms with Gasteiger partial charge in [-0.05, 0) is 16.4 Å². The third-order valence-electron chi connectivity index (χ3n) is 6.05. The lowest BCUT2D eigenvalue weighted by molar-refractivity contribution is -0.0527. The molecule has 24 heteroatoms. The van der Waals surface area contributed by atoms with Gasteiger partial charge in [-0.25, -0.2) is 23.9 Å². The molecule has 3 unspecified atom stereocenters. The van der Waals surface area contributed by atoms with Crippen LogP contribution in [-0.2, 0) is 34.7 Å². The summed E-state index contributed by atoms with van der Waals surface area (Å²) >= 11 is 8.81. The van der Waals surface area contributed by atoms with Crippen molar-refractivity contribution in [3.05, 3.63) is 34.9 Å². The molecule has 1 aliphatic rings. The number of hydrogen-bond acceptors (Lipinski definition) is 16. The molecule has 0 saturated carbocycles. The molecule has 19 nitrogen and oxygen atoms in total. The lowest BCUT2D eigenvalue weighted by Gasteiger charge is -2.29. The fraction of sp³-hybridized carbons (Fsp3) is 0.444. The fourth-order valence-electron chi connectivity index (χ4n) is 4.22. The minimum absolute atomic E-state index is 0.00354. The summed E-state index contributed by atoms with van der Waals surface area (Å²) in [7, 11) is -2.50. The topological polar surface area (TPSA) is 273 Å². The van der Waals surface area contributed by atoms with Gasteiger partial charge < -0.3 is 31.3 Å². The number of rotatable bonds is 11. The van der Waals surface area contributed by atoms with Crippen LogP contribution < -0.4 is 17.0 Å². The number of thiol groups is 1. The van der Waals surface area contributed by atoms with Crippen LogP contribution in [-0.4, -0.2) is 91.9 Å². The number of H-pyrrole nitrogens is 1. The van der Waals surface area contributed by atoms with Gasteiger partial charge in [0.1, 0.15) is 49.6 Å². The number of nitrogen functional groups attached to an aromatic ring is 2. The number of anilines is 2. The molecular formula is C18H22FN10O9P2S2+. The Hall–Kier alpha value is -2.75. The van der Waals surface area contributed by atoms with Crippen molar-refractivity contribution in [3.8, 4) is 0 Å². The number of hydrogen-bond donors (Lipinski definition) is 7. The minimum atomic E-state index is -4.54. The normalized spacial score (nSPS) is 24.2. The highest BCUT2D eigenvalue weighted by atomic mass is 32.7. The number of nitrogens with one attached hydrogen (secondary N) is 1. The largest absolute Gasteiger partial charge is 0.582 e. The van der Waals surface area contributed by atoms with E-state index in [4.69, 9.17) is 41.6 Å². The highest BCUT2D eigenvalue weighted by Crippen LogP contribution is 2.52. The van der Waals surface area contributed by atoms with Crippen LogP contribution in [0, 0.1) is 0 Å². The molecule has 1 aliphatic heterocycles. The molecule has 0 aliphatic carbocycles. The molecule has 4 aromatic heterocycles. The molecule has 5 rings (SSSR count). The molecule has 0 spiro atoms. The summed E-state index contributed by atoms with van der Waals surface area (Å²) in [6.07, 6.45) is -6.65. The summed E-state index contributed by atoms with van der Waals surface area (Å²) in [4.78, 5) is 41.3. The molecule has 0 bridgehead atoms. The van der Waals surface area contributed by atoms with E-state index in [-0.39, 0.29) is 34.3 Å². The number of imidazole rings is 2. The summed E-state index contributed by atoms with van der Waals surface area (Å²) in [6, 6.07) is 0. The molecule has 226 valence electrons. The summed E-state index contributed by atoms with van der Waals surface area (Å²) < 4.78 is 50.9. The average Bonchev–Trinajstić information content (AvgIpc) is 3.62. The minimum Gasteiger partial charge on any atom is -0.394 e. The van der Waals surface area contributed by atoms with Crippen molar-refractivity contribution in [3.63, 3.8) is 0 Å². The van der Waals surface area contributed by atoms with Crippen molar-refractivity contribution in [1.82, 2.24) is 39.1 Å². The summed E-state index contributed by atoms with van der Waals surface area (Å²) in [5.74, 6) is -0.272. The Labute approximate surface area is 244 Å². The van der Waals surface area contributed by atoms with Crippen LogP contribution in [0.3, 0.4) is 0 Å². The second-order valence-corrected chi connectivity index (χ2v) is 13.1. The maximum atomic E-state index is 15.5. The molecule has 8 atom stereocenters. The van der Waals surface area contributed by atoms with Gasteiger partial charge in [-0.1, -0.05) is 0 Å². The van der Waals surface area contributed by atoms with E-state index in [1.165, 1.54) is 6.20 Å². The SMILES string of the molecule is Nc1nc2c(ncn2[C@@H]2O[C@H](CO)[C@@H](F)[C@H]2OP(O)(=S)OC(CO[P+](=O)S)[C@@H](O)c2cnc3c(N)ncnn23)c(=O)[nH]1. The van der Waals surface area contributed by atoms with Crippen LogP contribution in [0.4, 0.5) is 16.2 Å². The third kappa shape index (κ3) is 6.01. The Balaban J connectivity index is 1.45. The molecule has 0 aromatic carbocycles. The molecule has 5 heterocycles. The van der Waals surface area contributed by atoms with Gasteiger partial charge >= 0.3 is 13.9 Å². The maximum absolute atomic E-state index is 15.5. The molecule has 42 heavy (non-hydrogen) atoms. The number of alkyl halides is 1. The van der Waals surface area contributed by atoms with Gasteiger partial charge in [-0.3, -0.25) is 23.4 Å². The van der Waals surface area contributed by atoms with Gasteiger partial charge in [0, 0.05) is 0 Å². The number of fused-ring (bicyclic) bond motifs is 2. The van der Waals surface area contributed by atoms with Gasteiger partial charge in [0.05, 0.1) is 24.8 Å². The van der Waals surface area contributed by atoms with Crippen LogP contribution in [0.2, 0.25) is 0 Å². The molecule has 0 radical (unpaired) electrons. The van der Waals surface area contributed by atoms with Gasteiger partial charge in [0.25, 0.3) is 5.56 Å². The highest BCUT2D eigenvalue weighted by Gasteiger charge is 2.50. The number of aliphatic hydroxyl groups is 2. The van der Waals surface area contributed by atoms with Crippen molar-refractivity contribution >= 4 is 66.6 Å². The fourth-order valence-corrected chi connectivity index (χ4v) is 6.42. The van der Waals surface area contributed by atoms with E-state index in [0.29, 0.717) is 0 Å². The molecular weight excluding hydrogens is 645 g/mol. The van der Waals surface area contributed by atoms with Crippen molar-refractivity contribution < 1.29 is 42.4 Å². The number of ether oxygens (including phenoxy) is 1. The first kappa shape index (κ1) is 30.7. The van der Waals surface area contributed by atoms with Gasteiger partial charge in [-0.15, -0.1) is 4.52 Å². The highest BCUT2D eigenvalue weighted by molar-refractivity contribution is 8.39. The Morgan fingerprint density at radius 2 is 2.10 bits per heavy atom. The van der Waals surface area contributed by atoms with Crippen LogP contribution >= 0.6 is 26.2 Å². The lowest BCUT2D eigenvalue weighted by Crippen LogP contribution is -2.33. The number of nitrogens with zero attached hydrogens (tertiary/aromatic N) is 7. The second kappa shape index (κ2) is 12.1. The average molecular weight is 668 g/mol. The third-order valence-corrected chi connectivity index (χ3v) is 8.33. The van der Waals surface area contributed by atoms with Crippen molar-refractivity contribution in [1.29, 1.82) is 0 Å². The Bertz CT molecular complexity index is 1740. The van der Waals surface area contributed by atoms with Crippen LogP contribution in [0.25, 0.3) is 16.8 Å². The van der Waals surface area contributed by atoms with Gasteiger partial charge in [-0.2, -0.15) is 10.1 Å². The molecule has 1 saturated heterocycles. The van der Waals surface area contributed by atoms with E-state index < -0.39 is 69.5 Å². The lowest BCUT2D eigenvalue weighted by atomic mass is 10.1. The first-order valence-corrected chi connectivity index (χ1v) is 16.6. The maximum Gasteiger partial charge on any atom is 0.582 e. The van der Waals surface area contributed by atoms with Crippen molar-refractivity contribution in [2.24, 2.45) is 0 Å². The summed E-state index contributed by atoms with van der Waals surface area (Å²) in [5, 5.41) is 24.8. The van der Waals surface area contributed by atoms with Gasteiger partial charge in [0.2, 0.25) is 5.95 Å². The Morgan fingerprint density at radius 1 is 1.33 bits per heavy atom. The number of halogens is 1. The van der Waals surface area contributed by atoms with Crippen LogP contribution in [0.15, 0.2) is 23.6 Å². The predicted molar refractivity (Wildman–Crippen MR) is 147 cm³/mol. The van der Waals surface area contributed by atoms with E-state index >= 15 is 4.39 Å². The van der Waals surface area contributed by atoms with Crippen molar-refractivity contribution in [2.75, 3.05) is 24.7 Å². The first-order chi connectivity index (χ1) is 19.9. The smallest absolute Gasteiger partial charge is 0.394 e. The van der Waals surface area contributed by atoms with E-state index in [9.17, 15) is 24.5 Å². The summed E-state index contributed by atoms with van der Waals surface area (Å²) in [5.41, 5.74) is 10.5. The quantitative estimate of drug-likeness (QED) is 0.0767. The molecule has 4 aromatic rings. The van der Waals surface area contributed by atoms with E-state index in [1.54, 1.807) is 0 Å². The van der Waals surface area contributed by atoms with Crippen molar-refractivity contribution in [2.45, 2.75) is 36.8 Å². The second-order valence-electron chi connectivity index (χ2n) is 8.69. The van der Waals surface area contributed by atoms with E-state index in [1.807, 2.05) is 0 Å². The zero-order valence-corrected chi connectivity index (χ0v) is 24.3. The van der Waals surface area contributed by atoms with E-state index in [0.717, 1.165) is 21.7 Å². The number of nitrogens with two attached hydrogens (primary N) is 2. The number of aliphatic hydroxyl groups excluding tert-OH is 2. The molecule has 0 amide bonds.